The molecular weight excluding hydrogens is 370 g/mol. The van der Waals surface area contributed by atoms with E-state index in [0.29, 0.717) is 6.04 Å². The first-order chi connectivity index (χ1) is 12.5. The molecule has 7 heteroatoms. The van der Waals surface area contributed by atoms with Gasteiger partial charge in [-0.05, 0) is 31.5 Å². The first kappa shape index (κ1) is 19.3. The van der Waals surface area contributed by atoms with Gasteiger partial charge in [-0.2, -0.15) is 0 Å². The van der Waals surface area contributed by atoms with Crippen LogP contribution < -0.4 is 0 Å². The molecule has 0 spiro atoms. The van der Waals surface area contributed by atoms with Crippen molar-refractivity contribution in [3.8, 4) is 10.6 Å². The highest BCUT2D eigenvalue weighted by atomic mass is 35.5. The Morgan fingerprint density at radius 2 is 2.04 bits per heavy atom. The van der Waals surface area contributed by atoms with Gasteiger partial charge in [-0.1, -0.05) is 30.7 Å². The lowest BCUT2D eigenvalue weighted by molar-refractivity contribution is -0.139. The van der Waals surface area contributed by atoms with Crippen LogP contribution in [0, 0.1) is 0 Å². The summed E-state index contributed by atoms with van der Waals surface area (Å²) in [7, 11) is 0. The molecule has 2 aromatic rings. The average Bonchev–Trinajstić information content (AvgIpc) is 3.09. The number of carbonyl (C=O) groups is 1. The van der Waals surface area contributed by atoms with Crippen LogP contribution in [0.5, 0.6) is 0 Å². The zero-order valence-electron chi connectivity index (χ0n) is 14.9. The second kappa shape index (κ2) is 8.95. The number of benzene rings is 1. The Morgan fingerprint density at radius 1 is 1.35 bits per heavy atom. The molecule has 1 aromatic carbocycles. The lowest BCUT2D eigenvalue weighted by Crippen LogP contribution is -2.46. The molecule has 0 atom stereocenters. The van der Waals surface area contributed by atoms with Crippen molar-refractivity contribution in [1.82, 2.24) is 14.8 Å². The van der Waals surface area contributed by atoms with Gasteiger partial charge in [0, 0.05) is 41.6 Å². The predicted octanol–water partition coefficient (Wildman–Crippen LogP) is 3.83. The van der Waals surface area contributed by atoms with Gasteiger partial charge in [0.05, 0.1) is 12.2 Å². The summed E-state index contributed by atoms with van der Waals surface area (Å²) in [4.78, 5) is 20.2. The Bertz CT molecular complexity index is 727. The highest BCUT2D eigenvalue weighted by Gasteiger charge is 2.25. The Balaban J connectivity index is 1.53. The minimum absolute atomic E-state index is 0.137. The minimum Gasteiger partial charge on any atom is -0.480 e. The fourth-order valence-electron chi connectivity index (χ4n) is 3.45. The van der Waals surface area contributed by atoms with Crippen molar-refractivity contribution < 1.29 is 9.90 Å². The monoisotopic (exact) mass is 393 g/mol. The number of hydrogen-bond donors (Lipinski definition) is 1. The molecule has 1 aromatic heterocycles. The standard InChI is InChI=1S/C19H24ClN3O2S/c1-2-23(12-18(24)25)17-7-9-22(10-8-17)11-16-13-26-19(21-16)14-3-5-15(20)6-4-14/h3-6,13,17H,2,7-12H2,1H3,(H,24,25). The van der Waals surface area contributed by atoms with E-state index in [4.69, 9.17) is 21.7 Å². The molecule has 26 heavy (non-hydrogen) atoms. The van der Waals surface area contributed by atoms with E-state index < -0.39 is 5.97 Å². The molecule has 2 heterocycles. The quantitative estimate of drug-likeness (QED) is 0.774. The maximum atomic E-state index is 11.0. The van der Waals surface area contributed by atoms with Crippen molar-refractivity contribution in [2.24, 2.45) is 0 Å². The third-order valence-corrected chi connectivity index (χ3v) is 6.04. The number of thiazole rings is 1. The highest BCUT2D eigenvalue weighted by Crippen LogP contribution is 2.26. The fraction of sp³-hybridized carbons (Fsp3) is 0.474. The number of rotatable bonds is 7. The van der Waals surface area contributed by atoms with Crippen molar-refractivity contribution in [1.29, 1.82) is 0 Å². The Morgan fingerprint density at radius 3 is 2.65 bits per heavy atom. The van der Waals surface area contributed by atoms with Crippen molar-refractivity contribution in [2.45, 2.75) is 32.4 Å². The summed E-state index contributed by atoms with van der Waals surface area (Å²) in [6, 6.07) is 8.14. The van der Waals surface area contributed by atoms with Crippen molar-refractivity contribution in [2.75, 3.05) is 26.2 Å². The molecule has 0 aliphatic carbocycles. The second-order valence-electron chi connectivity index (χ2n) is 6.62. The first-order valence-corrected chi connectivity index (χ1v) is 10.2. The lowest BCUT2D eigenvalue weighted by atomic mass is 10.0. The van der Waals surface area contributed by atoms with Gasteiger partial charge in [0.15, 0.2) is 0 Å². The lowest BCUT2D eigenvalue weighted by Gasteiger charge is -2.37. The number of likely N-dealkylation sites (tertiary alicyclic amines) is 1. The molecule has 3 rings (SSSR count). The molecule has 1 aliphatic heterocycles. The number of aromatic nitrogens is 1. The molecule has 1 fully saturated rings. The Labute approximate surface area is 163 Å². The molecule has 0 bridgehead atoms. The van der Waals surface area contributed by atoms with Crippen LogP contribution in [0.2, 0.25) is 5.02 Å². The van der Waals surface area contributed by atoms with Crippen LogP contribution >= 0.6 is 22.9 Å². The predicted molar refractivity (Wildman–Crippen MR) is 106 cm³/mol. The van der Waals surface area contributed by atoms with Gasteiger partial charge in [-0.25, -0.2) is 4.98 Å². The van der Waals surface area contributed by atoms with E-state index in [2.05, 4.69) is 15.2 Å². The van der Waals surface area contributed by atoms with Gasteiger partial charge in [-0.15, -0.1) is 11.3 Å². The molecular formula is C19H24ClN3O2S. The molecule has 0 amide bonds. The van der Waals surface area contributed by atoms with E-state index >= 15 is 0 Å². The van der Waals surface area contributed by atoms with Crippen molar-refractivity contribution in [3.05, 3.63) is 40.4 Å². The molecule has 0 unspecified atom stereocenters. The summed E-state index contributed by atoms with van der Waals surface area (Å²) in [5.74, 6) is -0.744. The molecule has 140 valence electrons. The number of hydrogen-bond acceptors (Lipinski definition) is 5. The van der Waals surface area contributed by atoms with Crippen LogP contribution in [-0.2, 0) is 11.3 Å². The second-order valence-corrected chi connectivity index (χ2v) is 7.91. The van der Waals surface area contributed by atoms with E-state index in [1.165, 1.54) is 0 Å². The van der Waals surface area contributed by atoms with E-state index in [0.717, 1.165) is 60.3 Å². The maximum Gasteiger partial charge on any atom is 0.317 e. The number of piperidine rings is 1. The van der Waals surface area contributed by atoms with E-state index in [1.54, 1.807) is 11.3 Å². The molecule has 1 aliphatic rings. The maximum absolute atomic E-state index is 11.0. The van der Waals surface area contributed by atoms with Gasteiger partial charge in [0.2, 0.25) is 0 Å². The summed E-state index contributed by atoms with van der Waals surface area (Å²) in [6.45, 7) is 5.76. The van der Waals surface area contributed by atoms with E-state index in [9.17, 15) is 4.79 Å². The number of aliphatic carboxylic acids is 1. The topological polar surface area (TPSA) is 56.7 Å². The van der Waals surface area contributed by atoms with E-state index in [-0.39, 0.29) is 6.54 Å². The SMILES string of the molecule is CCN(CC(=O)O)C1CCN(Cc2csc(-c3ccc(Cl)cc3)n2)CC1. The van der Waals surface area contributed by atoms with Crippen LogP contribution in [-0.4, -0.2) is 58.1 Å². The summed E-state index contributed by atoms with van der Waals surface area (Å²) < 4.78 is 0. The van der Waals surface area contributed by atoms with Crippen LogP contribution in [0.4, 0.5) is 0 Å². The van der Waals surface area contributed by atoms with Gasteiger partial charge in [0.25, 0.3) is 0 Å². The largest absolute Gasteiger partial charge is 0.480 e. The van der Waals surface area contributed by atoms with Crippen LogP contribution in [0.1, 0.15) is 25.5 Å². The normalized spacial score (nSPS) is 16.3. The van der Waals surface area contributed by atoms with Crippen LogP contribution in [0.3, 0.4) is 0 Å². The average molecular weight is 394 g/mol. The summed E-state index contributed by atoms with van der Waals surface area (Å²) in [5, 5.41) is 12.9. The summed E-state index contributed by atoms with van der Waals surface area (Å²) in [6.07, 6.45) is 2.02. The fourth-order valence-corrected chi connectivity index (χ4v) is 4.39. The molecule has 5 nitrogen and oxygen atoms in total. The van der Waals surface area contributed by atoms with Crippen molar-refractivity contribution >= 4 is 28.9 Å². The number of carboxylic acid groups (broad SMARTS) is 1. The molecule has 0 radical (unpaired) electrons. The first-order valence-electron chi connectivity index (χ1n) is 8.93. The zero-order valence-corrected chi connectivity index (χ0v) is 16.5. The number of likely N-dealkylation sites (N-methyl/N-ethyl adjacent to an activating group) is 1. The number of halogens is 1. The highest BCUT2D eigenvalue weighted by molar-refractivity contribution is 7.13. The van der Waals surface area contributed by atoms with Crippen LogP contribution in [0.25, 0.3) is 10.6 Å². The van der Waals surface area contributed by atoms with Gasteiger partial charge in [0.1, 0.15) is 5.01 Å². The summed E-state index contributed by atoms with van der Waals surface area (Å²) >= 11 is 7.60. The zero-order chi connectivity index (χ0) is 18.5. The third kappa shape index (κ3) is 5.04. The molecule has 1 saturated heterocycles. The van der Waals surface area contributed by atoms with Gasteiger partial charge >= 0.3 is 5.97 Å². The number of carboxylic acids is 1. The smallest absolute Gasteiger partial charge is 0.317 e. The van der Waals surface area contributed by atoms with Gasteiger partial charge in [-0.3, -0.25) is 14.6 Å². The third-order valence-electron chi connectivity index (χ3n) is 4.85. The molecule has 0 saturated carbocycles. The number of nitrogens with zero attached hydrogens (tertiary/aromatic N) is 3. The Kier molecular flexibility index (Phi) is 6.64. The minimum atomic E-state index is -0.744. The van der Waals surface area contributed by atoms with E-state index in [1.807, 2.05) is 31.2 Å². The van der Waals surface area contributed by atoms with Crippen LogP contribution in [0.15, 0.2) is 29.6 Å². The van der Waals surface area contributed by atoms with Gasteiger partial charge < -0.3 is 5.11 Å². The van der Waals surface area contributed by atoms with Crippen molar-refractivity contribution in [3.63, 3.8) is 0 Å². The summed E-state index contributed by atoms with van der Waals surface area (Å²) in [5.41, 5.74) is 2.19. The Hall–Kier alpha value is -1.47. The molecule has 1 N–H and O–H groups in total.